The minimum absolute atomic E-state index is 0.244. The Bertz CT molecular complexity index is 625. The summed E-state index contributed by atoms with van der Waals surface area (Å²) in [7, 11) is 0. The lowest BCUT2D eigenvalue weighted by Gasteiger charge is -2.28. The Morgan fingerprint density at radius 2 is 1.91 bits per heavy atom. The van der Waals surface area contributed by atoms with Crippen molar-refractivity contribution in [1.29, 1.82) is 0 Å². The lowest BCUT2D eigenvalue weighted by Crippen LogP contribution is -2.29. The fraction of sp³-hybridized carbons (Fsp3) is 0.294. The van der Waals surface area contributed by atoms with Crippen molar-refractivity contribution in [3.63, 3.8) is 0 Å². The zero-order valence-electron chi connectivity index (χ0n) is 12.5. The van der Waals surface area contributed by atoms with E-state index in [-0.39, 0.29) is 5.91 Å². The predicted octanol–water partition coefficient (Wildman–Crippen LogP) is 2.77. The molecule has 0 saturated carbocycles. The average Bonchev–Trinajstić information content (AvgIpc) is 3.11. The van der Waals surface area contributed by atoms with Crippen molar-refractivity contribution in [3.8, 4) is 0 Å². The Kier molecular flexibility index (Phi) is 4.53. The van der Waals surface area contributed by atoms with Crippen molar-refractivity contribution in [2.24, 2.45) is 5.10 Å². The van der Waals surface area contributed by atoms with E-state index >= 15 is 0 Å². The number of carbonyl (C=O) groups is 1. The number of H-pyrrole nitrogens is 1. The first-order chi connectivity index (χ1) is 10.8. The lowest BCUT2D eigenvalue weighted by atomic mass is 10.1. The monoisotopic (exact) mass is 296 g/mol. The highest BCUT2D eigenvalue weighted by Gasteiger charge is 2.10. The molecule has 1 aromatic carbocycles. The molecule has 1 amide bonds. The second kappa shape index (κ2) is 6.93. The number of anilines is 1. The molecule has 1 aliphatic rings. The summed E-state index contributed by atoms with van der Waals surface area (Å²) in [6, 6.07) is 11.7. The number of hydrogen-bond acceptors (Lipinski definition) is 3. The maximum atomic E-state index is 11.7. The van der Waals surface area contributed by atoms with Gasteiger partial charge in [-0.2, -0.15) is 5.10 Å². The topological polar surface area (TPSA) is 60.5 Å². The molecule has 0 unspecified atom stereocenters. The van der Waals surface area contributed by atoms with Crippen LogP contribution in [0.3, 0.4) is 0 Å². The molecule has 2 heterocycles. The van der Waals surface area contributed by atoms with Crippen LogP contribution in [-0.2, 0) is 0 Å². The maximum Gasteiger partial charge on any atom is 0.287 e. The third-order valence-electron chi connectivity index (χ3n) is 3.84. The van der Waals surface area contributed by atoms with Gasteiger partial charge in [0.15, 0.2) is 0 Å². The third kappa shape index (κ3) is 3.55. The van der Waals surface area contributed by atoms with Crippen molar-refractivity contribution >= 4 is 17.8 Å². The summed E-state index contributed by atoms with van der Waals surface area (Å²) in [4.78, 5) is 16.9. The van der Waals surface area contributed by atoms with Gasteiger partial charge in [-0.1, -0.05) is 12.1 Å². The molecule has 0 atom stereocenters. The second-order valence-electron chi connectivity index (χ2n) is 5.42. The van der Waals surface area contributed by atoms with Crippen LogP contribution in [0.25, 0.3) is 0 Å². The Morgan fingerprint density at radius 1 is 1.14 bits per heavy atom. The van der Waals surface area contributed by atoms with Crippen molar-refractivity contribution in [1.82, 2.24) is 10.4 Å². The molecule has 1 aromatic heterocycles. The number of piperidine rings is 1. The van der Waals surface area contributed by atoms with Crippen molar-refractivity contribution in [2.75, 3.05) is 18.0 Å². The smallest absolute Gasteiger partial charge is 0.287 e. The van der Waals surface area contributed by atoms with Crippen LogP contribution >= 0.6 is 0 Å². The average molecular weight is 296 g/mol. The van der Waals surface area contributed by atoms with E-state index in [9.17, 15) is 4.79 Å². The number of rotatable bonds is 4. The van der Waals surface area contributed by atoms with Crippen LogP contribution in [0, 0.1) is 0 Å². The first-order valence-electron chi connectivity index (χ1n) is 7.65. The Labute approximate surface area is 130 Å². The van der Waals surface area contributed by atoms with E-state index in [0.29, 0.717) is 5.69 Å². The van der Waals surface area contributed by atoms with Crippen molar-refractivity contribution in [2.45, 2.75) is 19.3 Å². The molecule has 3 rings (SSSR count). The fourth-order valence-corrected chi connectivity index (χ4v) is 2.62. The van der Waals surface area contributed by atoms with E-state index in [0.717, 1.165) is 18.7 Å². The molecule has 2 N–H and O–H groups in total. The normalized spacial score (nSPS) is 15.2. The van der Waals surface area contributed by atoms with Crippen LogP contribution in [0.1, 0.15) is 35.3 Å². The van der Waals surface area contributed by atoms with E-state index < -0.39 is 0 Å². The van der Waals surface area contributed by atoms with Gasteiger partial charge in [0.05, 0.1) is 6.21 Å². The number of nitrogens with zero attached hydrogens (tertiary/aromatic N) is 2. The molecule has 1 fully saturated rings. The zero-order chi connectivity index (χ0) is 15.2. The maximum absolute atomic E-state index is 11.7. The number of carbonyl (C=O) groups excluding carboxylic acids is 1. The second-order valence-corrected chi connectivity index (χ2v) is 5.42. The van der Waals surface area contributed by atoms with E-state index in [4.69, 9.17) is 0 Å². The summed E-state index contributed by atoms with van der Waals surface area (Å²) in [6.07, 6.45) is 7.24. The van der Waals surface area contributed by atoms with Gasteiger partial charge in [0.2, 0.25) is 0 Å². The Balaban J connectivity index is 1.56. The number of benzene rings is 1. The molecule has 114 valence electrons. The van der Waals surface area contributed by atoms with Crippen LogP contribution in [0.5, 0.6) is 0 Å². The van der Waals surface area contributed by atoms with Gasteiger partial charge in [0.1, 0.15) is 5.69 Å². The van der Waals surface area contributed by atoms with Gasteiger partial charge in [-0.25, -0.2) is 5.43 Å². The van der Waals surface area contributed by atoms with Crippen molar-refractivity contribution < 1.29 is 4.79 Å². The van der Waals surface area contributed by atoms with Crippen LogP contribution in [0.15, 0.2) is 47.7 Å². The van der Waals surface area contributed by atoms with Gasteiger partial charge < -0.3 is 9.88 Å². The highest BCUT2D eigenvalue weighted by atomic mass is 16.2. The standard InChI is InChI=1S/C17H20N4O/c22-17(16-5-4-10-18-16)20-19-13-14-6-8-15(9-7-14)21-11-2-1-3-12-21/h4-10,13,18H,1-3,11-12H2,(H,20,22)/b19-13-. The third-order valence-corrected chi connectivity index (χ3v) is 3.84. The summed E-state index contributed by atoms with van der Waals surface area (Å²) in [6.45, 7) is 2.28. The fourth-order valence-electron chi connectivity index (χ4n) is 2.62. The Hall–Kier alpha value is -2.56. The number of amides is 1. The van der Waals surface area contributed by atoms with Gasteiger partial charge in [-0.05, 0) is 49.1 Å². The largest absolute Gasteiger partial charge is 0.372 e. The van der Waals surface area contributed by atoms with Crippen molar-refractivity contribution in [3.05, 3.63) is 53.9 Å². The molecule has 0 radical (unpaired) electrons. The van der Waals surface area contributed by atoms with E-state index in [1.165, 1.54) is 24.9 Å². The number of aromatic nitrogens is 1. The molecule has 5 heteroatoms. The molecule has 0 bridgehead atoms. The first kappa shape index (κ1) is 14.4. The highest BCUT2D eigenvalue weighted by molar-refractivity contribution is 5.93. The van der Waals surface area contributed by atoms with Crippen LogP contribution in [-0.4, -0.2) is 30.2 Å². The van der Waals surface area contributed by atoms with Crippen LogP contribution in [0.4, 0.5) is 5.69 Å². The molecule has 0 aliphatic carbocycles. The SMILES string of the molecule is O=C(N/N=C\c1ccc(N2CCCCC2)cc1)c1ccc[nH]1. The molecule has 2 aromatic rings. The minimum atomic E-state index is -0.244. The quantitative estimate of drug-likeness (QED) is 0.673. The van der Waals surface area contributed by atoms with Gasteiger partial charge >= 0.3 is 0 Å². The summed E-state index contributed by atoms with van der Waals surface area (Å²) in [5.41, 5.74) is 5.22. The van der Waals surface area contributed by atoms with Gasteiger partial charge in [0.25, 0.3) is 5.91 Å². The molecule has 5 nitrogen and oxygen atoms in total. The highest BCUT2D eigenvalue weighted by Crippen LogP contribution is 2.19. The Morgan fingerprint density at radius 3 is 2.59 bits per heavy atom. The number of hydrogen-bond donors (Lipinski definition) is 2. The molecule has 22 heavy (non-hydrogen) atoms. The summed E-state index contributed by atoms with van der Waals surface area (Å²) in [5, 5.41) is 3.98. The number of aromatic amines is 1. The van der Waals surface area contributed by atoms with Crippen LogP contribution in [0.2, 0.25) is 0 Å². The molecular weight excluding hydrogens is 276 g/mol. The van der Waals surface area contributed by atoms with Gasteiger partial charge in [-0.3, -0.25) is 4.79 Å². The van der Waals surface area contributed by atoms with Gasteiger partial charge in [0, 0.05) is 25.0 Å². The minimum Gasteiger partial charge on any atom is -0.372 e. The van der Waals surface area contributed by atoms with Gasteiger partial charge in [-0.15, -0.1) is 0 Å². The number of hydrazone groups is 1. The van der Waals surface area contributed by atoms with E-state index in [2.05, 4.69) is 32.5 Å². The first-order valence-corrected chi connectivity index (χ1v) is 7.65. The van der Waals surface area contributed by atoms with Crippen LogP contribution < -0.4 is 10.3 Å². The van der Waals surface area contributed by atoms with E-state index in [1.807, 2.05) is 12.1 Å². The summed E-state index contributed by atoms with van der Waals surface area (Å²) < 4.78 is 0. The predicted molar refractivity (Wildman–Crippen MR) is 88.4 cm³/mol. The molecular formula is C17H20N4O. The summed E-state index contributed by atoms with van der Waals surface area (Å²) >= 11 is 0. The molecule has 1 aliphatic heterocycles. The zero-order valence-corrected chi connectivity index (χ0v) is 12.5. The molecule has 0 spiro atoms. The number of nitrogens with one attached hydrogen (secondary N) is 2. The van der Waals surface area contributed by atoms with E-state index in [1.54, 1.807) is 24.5 Å². The summed E-state index contributed by atoms with van der Waals surface area (Å²) in [5.74, 6) is -0.244. The lowest BCUT2D eigenvalue weighted by molar-refractivity contribution is 0.0951. The molecule has 1 saturated heterocycles.